The third kappa shape index (κ3) is 70.8. The molecule has 0 spiro atoms. The fraction of sp³-hybridized carbons (Fsp3) is 0.926. The van der Waals surface area contributed by atoms with Crippen molar-refractivity contribution in [1.29, 1.82) is 0 Å². The molecule has 0 atom stereocenters. The lowest BCUT2D eigenvalue weighted by Gasteiger charge is -2.05. The number of nitrogens with two attached hydrogens (primary N) is 1. The van der Waals surface area contributed by atoms with Gasteiger partial charge in [-0.3, -0.25) is 0 Å². The first kappa shape index (κ1) is 61.2. The number of hydrogen-bond acceptors (Lipinski definition) is 2. The van der Waals surface area contributed by atoms with Crippen LogP contribution in [-0.2, 0) is 0 Å². The molecule has 0 bridgehead atoms. The summed E-state index contributed by atoms with van der Waals surface area (Å²) in [5.41, 5.74) is 5.37. The van der Waals surface area contributed by atoms with Gasteiger partial charge in [-0.25, -0.2) is 0 Å². The Hall–Kier alpha value is -0.120. The quantitative estimate of drug-likeness (QED) is 0.0363. The number of alkyl halides is 1. The highest BCUT2D eigenvalue weighted by molar-refractivity contribution is 9.09. The van der Waals surface area contributed by atoms with Crippen LogP contribution in [0.2, 0.25) is 0 Å². The van der Waals surface area contributed by atoms with E-state index in [4.69, 9.17) is 5.73 Å². The molecular formula is C54H111BrN2. The van der Waals surface area contributed by atoms with Crippen LogP contribution in [0.4, 0.5) is 0 Å². The normalized spacial score (nSPS) is 11.3. The van der Waals surface area contributed by atoms with Gasteiger partial charge >= 0.3 is 0 Å². The highest BCUT2D eigenvalue weighted by Crippen LogP contribution is 2.12. The maximum Gasteiger partial charge on any atom is 0.00313 e. The molecule has 0 heterocycles. The molecule has 0 aromatic heterocycles. The van der Waals surface area contributed by atoms with Crippen LogP contribution in [0.3, 0.4) is 0 Å². The monoisotopic (exact) mass is 867 g/mol. The molecule has 0 radical (unpaired) electrons. The van der Waals surface area contributed by atoms with Gasteiger partial charge in [0.25, 0.3) is 0 Å². The third-order valence-corrected chi connectivity index (χ3v) is 11.8. The molecule has 3 N–H and O–H groups in total. The third-order valence-electron chi connectivity index (χ3n) is 11.3. The molecule has 0 amide bonds. The summed E-state index contributed by atoms with van der Waals surface area (Å²) in [6.07, 6.45) is 68.1. The highest BCUT2D eigenvalue weighted by atomic mass is 79.9. The van der Waals surface area contributed by atoms with E-state index in [1.807, 2.05) is 0 Å². The van der Waals surface area contributed by atoms with Crippen LogP contribution in [0.5, 0.6) is 0 Å². The lowest BCUT2D eigenvalue weighted by molar-refractivity contribution is 0.538. The van der Waals surface area contributed by atoms with Crippen molar-refractivity contribution in [2.24, 2.45) is 5.73 Å². The second-order valence-corrected chi connectivity index (χ2v) is 18.1. The van der Waals surface area contributed by atoms with Crippen molar-refractivity contribution in [3.8, 4) is 0 Å². The van der Waals surface area contributed by atoms with Gasteiger partial charge in [0.15, 0.2) is 0 Å². The molecule has 2 nitrogen and oxygen atoms in total. The molecule has 0 aromatic carbocycles. The predicted octanol–water partition coefficient (Wildman–Crippen LogP) is 19.5. The van der Waals surface area contributed by atoms with E-state index in [-0.39, 0.29) is 0 Å². The van der Waals surface area contributed by atoms with Gasteiger partial charge in [0, 0.05) is 5.33 Å². The Morgan fingerprint density at radius 1 is 0.298 bits per heavy atom. The molecule has 0 aromatic rings. The first-order valence-corrected chi connectivity index (χ1v) is 27.6. The summed E-state index contributed by atoms with van der Waals surface area (Å²) in [6.45, 7) is 12.5. The zero-order valence-corrected chi connectivity index (χ0v) is 41.9. The van der Waals surface area contributed by atoms with Gasteiger partial charge in [0.2, 0.25) is 0 Å². The average Bonchev–Trinajstić information content (AvgIpc) is 3.23. The number of rotatable bonds is 46. The van der Waals surface area contributed by atoms with E-state index in [0.717, 1.165) is 6.54 Å². The number of allylic oxidation sites excluding steroid dienone is 4. The van der Waals surface area contributed by atoms with Gasteiger partial charge in [0.05, 0.1) is 0 Å². The smallest absolute Gasteiger partial charge is 0.00313 e. The number of unbranched alkanes of at least 4 members (excludes halogenated alkanes) is 36. The van der Waals surface area contributed by atoms with E-state index in [9.17, 15) is 0 Å². The van der Waals surface area contributed by atoms with Gasteiger partial charge in [-0.15, -0.1) is 0 Å². The zero-order valence-electron chi connectivity index (χ0n) is 40.3. The number of hydrogen-bond donors (Lipinski definition) is 2. The summed E-state index contributed by atoms with van der Waals surface area (Å²) in [7, 11) is 0. The molecule has 0 aliphatic carbocycles. The van der Waals surface area contributed by atoms with Gasteiger partial charge in [-0.05, 0) is 96.7 Å². The Labute approximate surface area is 371 Å². The summed E-state index contributed by atoms with van der Waals surface area (Å²) in [5.74, 6) is 0. The second-order valence-electron chi connectivity index (χ2n) is 17.3. The van der Waals surface area contributed by atoms with Crippen molar-refractivity contribution in [2.75, 3.05) is 25.0 Å². The van der Waals surface area contributed by atoms with Crippen LogP contribution in [0.1, 0.15) is 297 Å². The van der Waals surface area contributed by atoms with Crippen molar-refractivity contribution >= 4 is 15.9 Å². The average molecular weight is 868 g/mol. The van der Waals surface area contributed by atoms with Gasteiger partial charge in [-0.1, -0.05) is 261 Å². The molecule has 0 fully saturated rings. The maximum atomic E-state index is 5.37. The lowest BCUT2D eigenvalue weighted by Crippen LogP contribution is -2.16. The minimum absolute atomic E-state index is 0.869. The maximum absolute atomic E-state index is 5.37. The zero-order chi connectivity index (χ0) is 42.1. The minimum Gasteiger partial charge on any atom is -0.330 e. The molecule has 0 saturated carbocycles. The molecule has 0 aliphatic heterocycles. The topological polar surface area (TPSA) is 38.0 Å². The first-order valence-electron chi connectivity index (χ1n) is 26.5. The summed E-state index contributed by atoms with van der Waals surface area (Å²) in [6, 6.07) is 0. The van der Waals surface area contributed by atoms with Crippen LogP contribution in [-0.4, -0.2) is 25.0 Å². The van der Waals surface area contributed by atoms with Crippen LogP contribution >= 0.6 is 15.9 Å². The Bertz CT molecular complexity index is 669. The fourth-order valence-corrected chi connectivity index (χ4v) is 7.67. The molecule has 0 rings (SSSR count). The van der Waals surface area contributed by atoms with E-state index in [1.54, 1.807) is 0 Å². The summed E-state index contributed by atoms with van der Waals surface area (Å²) in [4.78, 5) is 0. The Morgan fingerprint density at radius 2 is 0.526 bits per heavy atom. The molecule has 0 saturated heterocycles. The van der Waals surface area contributed by atoms with Crippen molar-refractivity contribution in [1.82, 2.24) is 5.32 Å². The van der Waals surface area contributed by atoms with Crippen molar-refractivity contribution < 1.29 is 0 Å². The SMILES string of the molecule is CCCCCCCC/C=C\CCCCCCCCBr.CCCCCCCC/C=C\CCCCCCCCNCCCCCCCCC.CCCCCCCCCN. The fourth-order valence-electron chi connectivity index (χ4n) is 7.27. The molecular weight excluding hydrogens is 757 g/mol. The molecule has 344 valence electrons. The van der Waals surface area contributed by atoms with Gasteiger partial charge in [-0.2, -0.15) is 0 Å². The Kier molecular flexibility index (Phi) is 69.8. The van der Waals surface area contributed by atoms with E-state index >= 15 is 0 Å². The van der Waals surface area contributed by atoms with Crippen LogP contribution < -0.4 is 11.1 Å². The number of nitrogens with one attached hydrogen (secondary N) is 1. The highest BCUT2D eigenvalue weighted by Gasteiger charge is 1.95. The molecule has 3 heteroatoms. The van der Waals surface area contributed by atoms with Crippen molar-refractivity contribution in [3.05, 3.63) is 24.3 Å². The minimum atomic E-state index is 0.869. The number of halogens is 1. The summed E-state index contributed by atoms with van der Waals surface area (Å²) in [5, 5.41) is 4.80. The van der Waals surface area contributed by atoms with Crippen LogP contribution in [0.25, 0.3) is 0 Å². The lowest BCUT2D eigenvalue weighted by atomic mass is 10.1. The van der Waals surface area contributed by atoms with E-state index < -0.39 is 0 Å². The van der Waals surface area contributed by atoms with Gasteiger partial charge in [0.1, 0.15) is 0 Å². The molecule has 0 unspecified atom stereocenters. The summed E-state index contributed by atoms with van der Waals surface area (Å²) >= 11 is 3.48. The summed E-state index contributed by atoms with van der Waals surface area (Å²) < 4.78 is 0. The second kappa shape index (κ2) is 65.0. The van der Waals surface area contributed by atoms with E-state index in [2.05, 4.69) is 73.2 Å². The van der Waals surface area contributed by atoms with Crippen molar-refractivity contribution in [3.63, 3.8) is 0 Å². The molecule has 57 heavy (non-hydrogen) atoms. The Balaban J connectivity index is -0.000000862. The Morgan fingerprint density at radius 3 is 0.789 bits per heavy atom. The van der Waals surface area contributed by atoms with E-state index in [0.29, 0.717) is 0 Å². The predicted molar refractivity (Wildman–Crippen MR) is 271 cm³/mol. The first-order chi connectivity index (χ1) is 28.2. The van der Waals surface area contributed by atoms with Gasteiger partial charge < -0.3 is 11.1 Å². The largest absolute Gasteiger partial charge is 0.330 e. The van der Waals surface area contributed by atoms with Crippen LogP contribution in [0, 0.1) is 0 Å². The van der Waals surface area contributed by atoms with Crippen molar-refractivity contribution in [2.45, 2.75) is 297 Å². The van der Waals surface area contributed by atoms with Crippen LogP contribution in [0.15, 0.2) is 24.3 Å². The van der Waals surface area contributed by atoms with E-state index in [1.165, 1.54) is 288 Å². The molecule has 0 aliphatic rings. The standard InChI is InChI=1S/C27H55N.C18H35Br.C9H21N/c1-3-5-7-9-11-12-13-14-15-16-17-18-19-21-23-25-27-28-26-24-22-20-10-8-6-4-2;1-2-3-4-5-6-7-8-9-10-11-12-13-14-15-16-17-18-19;1-2-3-4-5-6-7-8-9-10/h14-15,28H,3-13,16-27H2,1-2H3;9-10H,2-8,11-18H2,1H3;2-10H2,1H3/b15-14-;10-9-;.